The van der Waals surface area contributed by atoms with Gasteiger partial charge in [-0.3, -0.25) is 14.9 Å². The molecule has 9 heteroatoms. The third-order valence-electron chi connectivity index (χ3n) is 3.99. The quantitative estimate of drug-likeness (QED) is 0.321. The Morgan fingerprint density at radius 3 is 2.83 bits per heavy atom. The normalized spacial score (nSPS) is 10.7. The molecule has 2 aromatic carbocycles. The molecule has 0 saturated carbocycles. The van der Waals surface area contributed by atoms with E-state index in [2.05, 4.69) is 10.3 Å². The van der Waals surface area contributed by atoms with Crippen molar-refractivity contribution in [1.82, 2.24) is 4.98 Å². The van der Waals surface area contributed by atoms with Crippen LogP contribution >= 0.6 is 11.3 Å². The molecule has 0 aliphatic heterocycles. The molecule has 0 atom stereocenters. The number of amides is 1. The van der Waals surface area contributed by atoms with Gasteiger partial charge in [-0.15, -0.1) is 11.3 Å². The molecule has 0 saturated heterocycles. The molecular formula is C21H19N3O5S. The predicted molar refractivity (Wildman–Crippen MR) is 115 cm³/mol. The van der Waals surface area contributed by atoms with Crippen LogP contribution in [0, 0.1) is 17.0 Å². The number of methoxy groups -OCH3 is 1. The number of aromatic nitrogens is 1. The summed E-state index contributed by atoms with van der Waals surface area (Å²) in [7, 11) is 1.42. The highest BCUT2D eigenvalue weighted by Crippen LogP contribution is 2.29. The van der Waals surface area contributed by atoms with Crippen LogP contribution in [0.2, 0.25) is 0 Å². The first-order valence-corrected chi connectivity index (χ1v) is 9.78. The van der Waals surface area contributed by atoms with Gasteiger partial charge in [-0.1, -0.05) is 12.1 Å². The van der Waals surface area contributed by atoms with Crippen LogP contribution < -0.4 is 14.8 Å². The topological polar surface area (TPSA) is 104 Å². The second-order valence-electron chi connectivity index (χ2n) is 6.18. The Bertz CT molecular complexity index is 1090. The number of anilines is 1. The van der Waals surface area contributed by atoms with Crippen molar-refractivity contribution in [3.05, 3.63) is 80.3 Å². The lowest BCUT2D eigenvalue weighted by atomic mass is 10.2. The van der Waals surface area contributed by atoms with E-state index in [0.29, 0.717) is 18.1 Å². The Labute approximate surface area is 176 Å². The third-order valence-corrected chi connectivity index (χ3v) is 4.81. The first-order chi connectivity index (χ1) is 14.4. The van der Waals surface area contributed by atoms with Gasteiger partial charge in [0.1, 0.15) is 18.1 Å². The average molecular weight is 425 g/mol. The Morgan fingerprint density at radius 1 is 1.30 bits per heavy atom. The summed E-state index contributed by atoms with van der Waals surface area (Å²) in [6, 6.07) is 11.3. The number of aryl methyl sites for hydroxylation is 1. The number of non-ortho nitro benzene ring substituents is 1. The average Bonchev–Trinajstić information content (AvgIpc) is 3.16. The number of benzene rings is 2. The summed E-state index contributed by atoms with van der Waals surface area (Å²) < 4.78 is 10.9. The van der Waals surface area contributed by atoms with Gasteiger partial charge >= 0.3 is 0 Å². The van der Waals surface area contributed by atoms with Crippen LogP contribution in [-0.2, 0) is 11.4 Å². The van der Waals surface area contributed by atoms with Crippen molar-refractivity contribution in [2.24, 2.45) is 0 Å². The van der Waals surface area contributed by atoms with E-state index in [-0.39, 0.29) is 11.4 Å². The fourth-order valence-corrected chi connectivity index (χ4v) is 3.19. The molecule has 3 aromatic rings. The van der Waals surface area contributed by atoms with Crippen LogP contribution in [0.1, 0.15) is 16.3 Å². The van der Waals surface area contributed by atoms with Crippen LogP contribution in [0.3, 0.4) is 0 Å². The van der Waals surface area contributed by atoms with Gasteiger partial charge < -0.3 is 14.8 Å². The zero-order valence-electron chi connectivity index (χ0n) is 16.3. The van der Waals surface area contributed by atoms with Crippen molar-refractivity contribution in [3.63, 3.8) is 0 Å². The number of rotatable bonds is 8. The Morgan fingerprint density at radius 2 is 2.13 bits per heavy atom. The molecular weight excluding hydrogens is 406 g/mol. The third kappa shape index (κ3) is 5.65. The number of nitro groups is 1. The van der Waals surface area contributed by atoms with Crippen molar-refractivity contribution in [2.75, 3.05) is 12.4 Å². The molecule has 8 nitrogen and oxygen atoms in total. The van der Waals surface area contributed by atoms with Crippen LogP contribution in [0.25, 0.3) is 6.08 Å². The van der Waals surface area contributed by atoms with Gasteiger partial charge in [-0.25, -0.2) is 4.98 Å². The highest BCUT2D eigenvalue weighted by atomic mass is 32.1. The highest BCUT2D eigenvalue weighted by molar-refractivity contribution is 7.09. The van der Waals surface area contributed by atoms with Gasteiger partial charge in [0, 0.05) is 23.6 Å². The first kappa shape index (κ1) is 21.0. The number of nitrogens with zero attached hydrogens (tertiary/aromatic N) is 2. The number of carbonyl (C=O) groups is 1. The molecule has 0 bridgehead atoms. The number of hydrogen-bond donors (Lipinski definition) is 1. The molecule has 3 rings (SSSR count). The van der Waals surface area contributed by atoms with Crippen molar-refractivity contribution >= 4 is 34.7 Å². The Hall–Kier alpha value is -3.72. The first-order valence-electron chi connectivity index (χ1n) is 8.90. The minimum Gasteiger partial charge on any atom is -0.495 e. The maximum Gasteiger partial charge on any atom is 0.271 e. The largest absolute Gasteiger partial charge is 0.495 e. The van der Waals surface area contributed by atoms with Gasteiger partial charge in [0.15, 0.2) is 0 Å². The Kier molecular flexibility index (Phi) is 6.76. The van der Waals surface area contributed by atoms with Gasteiger partial charge in [-0.2, -0.15) is 0 Å². The lowest BCUT2D eigenvalue weighted by molar-refractivity contribution is -0.384. The zero-order valence-corrected chi connectivity index (χ0v) is 17.1. The fraction of sp³-hybridized carbons (Fsp3) is 0.143. The van der Waals surface area contributed by atoms with E-state index in [4.69, 9.17) is 9.47 Å². The number of carbonyl (C=O) groups excluding carboxylic acids is 1. The number of hydrogen-bond acceptors (Lipinski definition) is 7. The van der Waals surface area contributed by atoms with E-state index in [1.54, 1.807) is 23.5 Å². The summed E-state index contributed by atoms with van der Waals surface area (Å²) in [6.07, 6.45) is 2.96. The summed E-state index contributed by atoms with van der Waals surface area (Å²) >= 11 is 1.57. The molecule has 1 aromatic heterocycles. The van der Waals surface area contributed by atoms with Crippen molar-refractivity contribution in [3.8, 4) is 11.5 Å². The lowest BCUT2D eigenvalue weighted by Crippen LogP contribution is -2.09. The van der Waals surface area contributed by atoms with Crippen molar-refractivity contribution in [1.29, 1.82) is 0 Å². The standard InChI is InChI=1S/C21H19N3O5S/c1-14-22-16(13-30-14)12-29-18-5-3-4-15(10-18)6-9-21(25)23-19-11-17(24(26)27)7-8-20(19)28-2/h3-11,13H,12H2,1-2H3,(H,23,25)/b9-6+. The number of ether oxygens (including phenoxy) is 2. The summed E-state index contributed by atoms with van der Waals surface area (Å²) in [5, 5.41) is 16.5. The predicted octanol–water partition coefficient (Wildman–Crippen LogP) is 4.60. The maximum atomic E-state index is 12.3. The van der Waals surface area contributed by atoms with E-state index >= 15 is 0 Å². The summed E-state index contributed by atoms with van der Waals surface area (Å²) in [4.78, 5) is 27.0. The van der Waals surface area contributed by atoms with E-state index in [1.165, 1.54) is 31.4 Å². The lowest BCUT2D eigenvalue weighted by Gasteiger charge is -2.08. The SMILES string of the molecule is COc1ccc([N+](=O)[O-])cc1NC(=O)/C=C/c1cccc(OCc2csc(C)n2)c1. The van der Waals surface area contributed by atoms with Gasteiger partial charge in [0.25, 0.3) is 5.69 Å². The summed E-state index contributed by atoms with van der Waals surface area (Å²) in [6.45, 7) is 2.30. The fourth-order valence-electron chi connectivity index (χ4n) is 2.59. The van der Waals surface area contributed by atoms with Crippen molar-refractivity contribution < 1.29 is 19.2 Å². The monoisotopic (exact) mass is 425 g/mol. The van der Waals surface area contributed by atoms with Crippen LogP contribution in [-0.4, -0.2) is 22.9 Å². The molecule has 30 heavy (non-hydrogen) atoms. The zero-order chi connectivity index (χ0) is 21.5. The molecule has 0 unspecified atom stereocenters. The molecule has 0 fully saturated rings. The highest BCUT2D eigenvalue weighted by Gasteiger charge is 2.12. The molecule has 1 N–H and O–H groups in total. The second-order valence-corrected chi connectivity index (χ2v) is 7.25. The minimum absolute atomic E-state index is 0.143. The van der Waals surface area contributed by atoms with Crippen LogP contribution in [0.5, 0.6) is 11.5 Å². The van der Waals surface area contributed by atoms with E-state index in [1.807, 2.05) is 30.5 Å². The van der Waals surface area contributed by atoms with Gasteiger partial charge in [0.2, 0.25) is 5.91 Å². The van der Waals surface area contributed by atoms with Crippen molar-refractivity contribution in [2.45, 2.75) is 13.5 Å². The molecule has 0 aliphatic carbocycles. The van der Waals surface area contributed by atoms with Gasteiger partial charge in [0.05, 0.1) is 28.4 Å². The van der Waals surface area contributed by atoms with E-state index in [0.717, 1.165) is 16.3 Å². The molecule has 154 valence electrons. The number of thiazole rings is 1. The van der Waals surface area contributed by atoms with E-state index in [9.17, 15) is 14.9 Å². The van der Waals surface area contributed by atoms with Crippen LogP contribution in [0.15, 0.2) is 53.9 Å². The molecule has 1 heterocycles. The summed E-state index contributed by atoms with van der Waals surface area (Å²) in [5.41, 5.74) is 1.71. The maximum absolute atomic E-state index is 12.3. The molecule has 0 aliphatic rings. The molecule has 0 spiro atoms. The smallest absolute Gasteiger partial charge is 0.271 e. The number of nitro benzene ring substituents is 1. The minimum atomic E-state index is -0.538. The molecule has 0 radical (unpaired) electrons. The molecule has 1 amide bonds. The summed E-state index contributed by atoms with van der Waals surface area (Å²) in [5.74, 6) is 0.539. The Balaban J connectivity index is 1.65. The number of nitrogens with one attached hydrogen (secondary N) is 1. The van der Waals surface area contributed by atoms with E-state index < -0.39 is 10.8 Å². The second kappa shape index (κ2) is 9.66. The van der Waals surface area contributed by atoms with Crippen LogP contribution in [0.4, 0.5) is 11.4 Å². The van der Waals surface area contributed by atoms with Gasteiger partial charge in [-0.05, 0) is 36.8 Å².